The van der Waals surface area contributed by atoms with Crippen molar-refractivity contribution < 1.29 is 24.5 Å². The second kappa shape index (κ2) is 14.9. The molecule has 0 spiro atoms. The van der Waals surface area contributed by atoms with Crippen LogP contribution in [0.3, 0.4) is 0 Å². The van der Waals surface area contributed by atoms with Crippen LogP contribution in [0.1, 0.15) is 33.6 Å². The Morgan fingerprint density at radius 3 is 2.32 bits per heavy atom. The van der Waals surface area contributed by atoms with E-state index in [2.05, 4.69) is 18.3 Å². The predicted molar refractivity (Wildman–Crippen MR) is 135 cm³/mol. The Balaban J connectivity index is 2.12. The summed E-state index contributed by atoms with van der Waals surface area (Å²) in [5.74, 6) is 0.229. The number of carbonyl (C=O) groups is 1. The molecule has 7 nitrogen and oxygen atoms in total. The van der Waals surface area contributed by atoms with Gasteiger partial charge in [0.1, 0.15) is 6.10 Å². The Hall–Kier alpha value is -2.29. The second-order valence-corrected chi connectivity index (χ2v) is 8.98. The van der Waals surface area contributed by atoms with Gasteiger partial charge in [-0.15, -0.1) is 0 Å². The lowest BCUT2D eigenvalue weighted by molar-refractivity contribution is -0.284. The van der Waals surface area contributed by atoms with Gasteiger partial charge in [-0.1, -0.05) is 80.7 Å². The molecule has 188 valence electrons. The van der Waals surface area contributed by atoms with Crippen molar-refractivity contribution in [2.24, 2.45) is 17.6 Å². The Morgan fingerprint density at radius 2 is 1.59 bits per heavy atom. The van der Waals surface area contributed by atoms with Gasteiger partial charge in [-0.05, 0) is 31.6 Å². The van der Waals surface area contributed by atoms with Crippen LogP contribution in [0.4, 0.5) is 0 Å². The third kappa shape index (κ3) is 9.52. The summed E-state index contributed by atoms with van der Waals surface area (Å²) in [6, 6.07) is -0.834. The first kappa shape index (κ1) is 28.0. The molecular formula is C27H40N2O5. The second-order valence-electron chi connectivity index (χ2n) is 8.98. The standard InChI is InChI=1S/C27H40N2O5/c1-19-14-10-6-4-7-11-15-20(2)22(16-12-8-5-9-13-17-23(30)29-18-19)34-27-26(32)24(28)25(31)21(3)33-27/h4-14,17,19-22,24-27,31-32H,15-16,18,28H2,1-3H3,(H,29,30). The van der Waals surface area contributed by atoms with Gasteiger partial charge in [-0.25, -0.2) is 0 Å². The minimum absolute atomic E-state index is 0.132. The molecule has 0 aromatic rings. The molecular weight excluding hydrogens is 432 g/mol. The number of nitrogens with two attached hydrogens (primary N) is 1. The van der Waals surface area contributed by atoms with Crippen LogP contribution in [-0.2, 0) is 14.3 Å². The molecule has 0 aliphatic carbocycles. The first-order valence-electron chi connectivity index (χ1n) is 12.0. The van der Waals surface area contributed by atoms with Gasteiger partial charge in [0.25, 0.3) is 0 Å². The molecule has 1 saturated heterocycles. The predicted octanol–water partition coefficient (Wildman–Crippen LogP) is 2.68. The van der Waals surface area contributed by atoms with Gasteiger partial charge in [0.05, 0.1) is 24.4 Å². The number of carbonyl (C=O) groups excluding carboxylic acids is 1. The van der Waals surface area contributed by atoms with Crippen LogP contribution in [0, 0.1) is 11.8 Å². The van der Waals surface area contributed by atoms with Gasteiger partial charge >= 0.3 is 0 Å². The minimum atomic E-state index is -1.12. The van der Waals surface area contributed by atoms with E-state index in [1.807, 2.05) is 55.5 Å². The van der Waals surface area contributed by atoms with Gasteiger partial charge in [0.15, 0.2) is 6.29 Å². The van der Waals surface area contributed by atoms with Crippen molar-refractivity contribution in [2.75, 3.05) is 6.54 Å². The molecule has 1 fully saturated rings. The van der Waals surface area contributed by atoms with E-state index in [1.54, 1.807) is 19.1 Å². The zero-order valence-electron chi connectivity index (χ0n) is 20.4. The average Bonchev–Trinajstić information content (AvgIpc) is 2.81. The van der Waals surface area contributed by atoms with Crippen LogP contribution in [0.5, 0.6) is 0 Å². The Morgan fingerprint density at radius 1 is 0.941 bits per heavy atom. The van der Waals surface area contributed by atoms with E-state index in [0.29, 0.717) is 13.0 Å². The number of rotatable bonds is 2. The minimum Gasteiger partial charge on any atom is -0.389 e. The largest absolute Gasteiger partial charge is 0.389 e. The van der Waals surface area contributed by atoms with Crippen LogP contribution < -0.4 is 11.1 Å². The van der Waals surface area contributed by atoms with Gasteiger partial charge < -0.3 is 30.7 Å². The SMILES string of the molecule is CC1C=CC=CC=CCC(C)C(OC2OC(C)C(O)C(N)C2O)CC=CC=CC=CC(=O)NC1. The molecule has 34 heavy (non-hydrogen) atoms. The first-order chi connectivity index (χ1) is 16.3. The van der Waals surface area contributed by atoms with Crippen LogP contribution in [0.2, 0.25) is 0 Å². The third-order valence-electron chi connectivity index (χ3n) is 5.94. The Kier molecular flexibility index (Phi) is 12.2. The van der Waals surface area contributed by atoms with Crippen molar-refractivity contribution in [3.8, 4) is 0 Å². The van der Waals surface area contributed by atoms with Crippen molar-refractivity contribution in [1.29, 1.82) is 0 Å². The molecule has 7 heteroatoms. The van der Waals surface area contributed by atoms with E-state index in [4.69, 9.17) is 15.2 Å². The van der Waals surface area contributed by atoms with Crippen molar-refractivity contribution >= 4 is 5.91 Å². The first-order valence-corrected chi connectivity index (χ1v) is 12.0. The van der Waals surface area contributed by atoms with Gasteiger partial charge in [-0.3, -0.25) is 4.79 Å². The van der Waals surface area contributed by atoms with E-state index in [1.165, 1.54) is 6.08 Å². The average molecular weight is 473 g/mol. The monoisotopic (exact) mass is 472 g/mol. The fraction of sp³-hybridized carbons (Fsp3) is 0.519. The number of amides is 1. The summed E-state index contributed by atoms with van der Waals surface area (Å²) in [5.41, 5.74) is 5.96. The smallest absolute Gasteiger partial charge is 0.243 e. The number of aliphatic hydroxyl groups excluding tert-OH is 2. The highest BCUT2D eigenvalue weighted by Crippen LogP contribution is 2.26. The van der Waals surface area contributed by atoms with E-state index in [0.717, 1.165) is 6.42 Å². The summed E-state index contributed by atoms with van der Waals surface area (Å²) in [4.78, 5) is 11.9. The fourth-order valence-electron chi connectivity index (χ4n) is 3.63. The number of nitrogens with one attached hydrogen (secondary N) is 1. The molecule has 0 radical (unpaired) electrons. The third-order valence-corrected chi connectivity index (χ3v) is 5.94. The number of aliphatic hydroxyl groups is 2. The van der Waals surface area contributed by atoms with Crippen molar-refractivity contribution in [2.45, 2.75) is 70.4 Å². The lowest BCUT2D eigenvalue weighted by atomic mass is 9.95. The molecule has 2 rings (SSSR count). The van der Waals surface area contributed by atoms with E-state index >= 15 is 0 Å². The Labute approximate surface area is 203 Å². The Bertz CT molecular complexity index is 801. The highest BCUT2D eigenvalue weighted by atomic mass is 16.7. The summed E-state index contributed by atoms with van der Waals surface area (Å²) in [6.45, 7) is 6.43. The topological polar surface area (TPSA) is 114 Å². The molecule has 8 unspecified atom stereocenters. The van der Waals surface area contributed by atoms with Crippen molar-refractivity contribution in [3.63, 3.8) is 0 Å². The molecule has 5 N–H and O–H groups in total. The lowest BCUT2D eigenvalue weighted by Crippen LogP contribution is -2.61. The molecule has 2 heterocycles. The molecule has 1 amide bonds. The highest BCUT2D eigenvalue weighted by molar-refractivity contribution is 5.87. The van der Waals surface area contributed by atoms with Gasteiger partial charge in [0, 0.05) is 12.6 Å². The lowest BCUT2D eigenvalue weighted by Gasteiger charge is -2.41. The summed E-state index contributed by atoms with van der Waals surface area (Å²) >= 11 is 0. The number of hydrogen-bond acceptors (Lipinski definition) is 6. The van der Waals surface area contributed by atoms with Gasteiger partial charge in [0.2, 0.25) is 5.91 Å². The van der Waals surface area contributed by atoms with E-state index in [-0.39, 0.29) is 23.8 Å². The fourth-order valence-corrected chi connectivity index (χ4v) is 3.63. The highest BCUT2D eigenvalue weighted by Gasteiger charge is 2.42. The van der Waals surface area contributed by atoms with E-state index < -0.39 is 30.6 Å². The summed E-state index contributed by atoms with van der Waals surface area (Å²) in [7, 11) is 0. The summed E-state index contributed by atoms with van der Waals surface area (Å²) in [5, 5.41) is 23.4. The molecule has 2 aliphatic heterocycles. The molecule has 0 saturated carbocycles. The van der Waals surface area contributed by atoms with Crippen LogP contribution in [0.25, 0.3) is 0 Å². The maximum atomic E-state index is 11.9. The molecule has 2 aliphatic rings. The summed E-state index contributed by atoms with van der Waals surface area (Å²) < 4.78 is 11.9. The molecule has 0 aromatic carbocycles. The normalized spacial score (nSPS) is 36.4. The number of ether oxygens (including phenoxy) is 2. The number of hydrogen-bond donors (Lipinski definition) is 4. The summed E-state index contributed by atoms with van der Waals surface area (Å²) in [6.07, 6.45) is 20.4. The molecule has 0 aromatic heterocycles. The van der Waals surface area contributed by atoms with Crippen molar-refractivity contribution in [3.05, 3.63) is 72.9 Å². The van der Waals surface area contributed by atoms with Gasteiger partial charge in [-0.2, -0.15) is 0 Å². The zero-order chi connectivity index (χ0) is 24.9. The van der Waals surface area contributed by atoms with Crippen LogP contribution in [0.15, 0.2) is 72.9 Å². The maximum Gasteiger partial charge on any atom is 0.243 e. The molecule has 8 atom stereocenters. The van der Waals surface area contributed by atoms with E-state index in [9.17, 15) is 15.0 Å². The number of allylic oxidation sites excluding steroid dienone is 9. The van der Waals surface area contributed by atoms with Crippen LogP contribution in [-0.4, -0.2) is 59.4 Å². The quantitative estimate of drug-likeness (QED) is 0.491. The van der Waals surface area contributed by atoms with Crippen LogP contribution >= 0.6 is 0 Å². The maximum absolute atomic E-state index is 11.9. The zero-order valence-corrected chi connectivity index (χ0v) is 20.4. The molecule has 0 bridgehead atoms. The van der Waals surface area contributed by atoms with Crippen molar-refractivity contribution in [1.82, 2.24) is 5.32 Å².